The van der Waals surface area contributed by atoms with Gasteiger partial charge in [-0.05, 0) is 0 Å². The van der Waals surface area contributed by atoms with Crippen molar-refractivity contribution in [1.29, 1.82) is 0 Å². The highest BCUT2D eigenvalue weighted by atomic mass is 35.5. The van der Waals surface area contributed by atoms with Gasteiger partial charge in [-0.15, -0.1) is 0 Å². The molecule has 7 heteroatoms. The minimum absolute atomic E-state index is 0.156. The van der Waals surface area contributed by atoms with Crippen LogP contribution >= 0.6 is 11.6 Å². The normalized spacial score (nSPS) is 23.6. The van der Waals surface area contributed by atoms with E-state index in [4.69, 9.17) is 11.6 Å². The van der Waals surface area contributed by atoms with E-state index in [0.717, 1.165) is 0 Å². The minimum Gasteiger partial charge on any atom is -0.295 e. The van der Waals surface area contributed by atoms with Crippen LogP contribution in [0.25, 0.3) is 0 Å². The van der Waals surface area contributed by atoms with Crippen molar-refractivity contribution in [3.63, 3.8) is 0 Å². The Balaban J connectivity index is 2.26. The highest BCUT2D eigenvalue weighted by molar-refractivity contribution is 6.70. The molecule has 0 radical (unpaired) electrons. The number of nitrogens with one attached hydrogen (secondary N) is 1. The summed E-state index contributed by atoms with van der Waals surface area (Å²) in [5.41, 5.74) is 0. The zero-order valence-electron chi connectivity index (χ0n) is 7.23. The highest BCUT2D eigenvalue weighted by Crippen LogP contribution is 2.12. The number of halogens is 1. The first kappa shape index (κ1) is 9.01. The first-order chi connectivity index (χ1) is 6.66. The van der Waals surface area contributed by atoms with Crippen molar-refractivity contribution >= 4 is 40.8 Å². The second-order valence-corrected chi connectivity index (χ2v) is 3.09. The third kappa shape index (κ3) is 1.56. The van der Waals surface area contributed by atoms with Crippen molar-refractivity contribution in [2.45, 2.75) is 13.0 Å². The molecule has 72 valence electrons. The van der Waals surface area contributed by atoms with Gasteiger partial charge in [-0.1, -0.05) is 11.6 Å². The van der Waals surface area contributed by atoms with Crippen molar-refractivity contribution in [2.75, 3.05) is 0 Å². The summed E-state index contributed by atoms with van der Waals surface area (Å²) in [5.74, 6) is 0.353. The molecule has 14 heavy (non-hydrogen) atoms. The number of carbonyl (C=O) groups is 1. The number of guanidine groups is 1. The molecule has 1 atom stereocenters. The molecule has 0 aromatic heterocycles. The monoisotopic (exact) mass is 211 g/mol. The third-order valence-electron chi connectivity index (χ3n) is 1.60. The van der Waals surface area contributed by atoms with Gasteiger partial charge in [-0.2, -0.15) is 4.99 Å². The van der Waals surface area contributed by atoms with Crippen LogP contribution in [-0.2, 0) is 4.79 Å². The zero-order chi connectivity index (χ0) is 10.1. The average molecular weight is 212 g/mol. The van der Waals surface area contributed by atoms with Crippen molar-refractivity contribution in [3.05, 3.63) is 0 Å². The van der Waals surface area contributed by atoms with Crippen molar-refractivity contribution < 1.29 is 4.79 Å². The van der Waals surface area contributed by atoms with E-state index in [1.54, 1.807) is 0 Å². The molecule has 0 spiro atoms. The van der Waals surface area contributed by atoms with Crippen LogP contribution in [0.1, 0.15) is 6.92 Å². The summed E-state index contributed by atoms with van der Waals surface area (Å²) < 4.78 is 0. The molecule has 2 aliphatic heterocycles. The van der Waals surface area contributed by atoms with E-state index in [1.165, 1.54) is 13.3 Å². The number of hydrogen-bond acceptors (Lipinski definition) is 5. The number of fused-ring (bicyclic) bond motifs is 1. The van der Waals surface area contributed by atoms with Crippen LogP contribution in [0.5, 0.6) is 0 Å². The van der Waals surface area contributed by atoms with Gasteiger partial charge in [0.15, 0.2) is 11.9 Å². The average Bonchev–Trinajstić information content (AvgIpc) is 2.50. The molecule has 0 aromatic carbocycles. The molecule has 0 fully saturated rings. The standard InChI is InChI=1S/C7H6ClN5O/c1-3(14)11-7-12-5(8)4-6(13-7)10-2-9-4/h2,4H,1H3,(H,9,10,11,13,14)/t4-/m0/s1. The molecule has 0 bridgehead atoms. The first-order valence-corrected chi connectivity index (χ1v) is 4.24. The van der Waals surface area contributed by atoms with Crippen LogP contribution in [0.15, 0.2) is 20.0 Å². The Morgan fingerprint density at radius 1 is 1.57 bits per heavy atom. The lowest BCUT2D eigenvalue weighted by atomic mass is 10.3. The number of amidine groups is 1. The van der Waals surface area contributed by atoms with E-state index in [1.807, 2.05) is 0 Å². The lowest BCUT2D eigenvalue weighted by molar-refractivity contribution is -0.117. The Morgan fingerprint density at radius 2 is 2.36 bits per heavy atom. The molecule has 0 aliphatic carbocycles. The van der Waals surface area contributed by atoms with E-state index in [2.05, 4.69) is 25.3 Å². The fourth-order valence-electron chi connectivity index (χ4n) is 1.06. The molecule has 6 nitrogen and oxygen atoms in total. The van der Waals surface area contributed by atoms with Gasteiger partial charge in [0.05, 0.1) is 0 Å². The second-order valence-electron chi connectivity index (χ2n) is 2.71. The van der Waals surface area contributed by atoms with Crippen LogP contribution in [0.4, 0.5) is 0 Å². The van der Waals surface area contributed by atoms with Crippen molar-refractivity contribution in [2.24, 2.45) is 20.0 Å². The van der Waals surface area contributed by atoms with Gasteiger partial charge < -0.3 is 0 Å². The summed E-state index contributed by atoms with van der Waals surface area (Å²) in [6.45, 7) is 1.37. The summed E-state index contributed by atoms with van der Waals surface area (Å²) >= 11 is 5.82. The summed E-state index contributed by atoms with van der Waals surface area (Å²) in [6, 6.07) is -0.394. The fourth-order valence-corrected chi connectivity index (χ4v) is 1.30. The molecule has 0 unspecified atom stereocenters. The Hall–Kier alpha value is -1.56. The Kier molecular flexibility index (Phi) is 2.12. The van der Waals surface area contributed by atoms with E-state index in [9.17, 15) is 4.79 Å². The molecule has 0 aromatic rings. The summed E-state index contributed by atoms with van der Waals surface area (Å²) in [5, 5.41) is 2.69. The fraction of sp³-hybridized carbons (Fsp3) is 0.286. The van der Waals surface area contributed by atoms with E-state index >= 15 is 0 Å². The van der Waals surface area contributed by atoms with Gasteiger partial charge in [0, 0.05) is 6.92 Å². The van der Waals surface area contributed by atoms with Gasteiger partial charge in [-0.3, -0.25) is 15.1 Å². The van der Waals surface area contributed by atoms with Crippen LogP contribution in [-0.4, -0.2) is 35.3 Å². The maximum absolute atomic E-state index is 10.7. The lowest BCUT2D eigenvalue weighted by Crippen LogP contribution is -2.35. The minimum atomic E-state index is -0.394. The molecule has 0 saturated carbocycles. The van der Waals surface area contributed by atoms with Gasteiger partial charge in [0.1, 0.15) is 11.5 Å². The lowest BCUT2D eigenvalue weighted by Gasteiger charge is -2.12. The van der Waals surface area contributed by atoms with Crippen molar-refractivity contribution in [1.82, 2.24) is 5.32 Å². The van der Waals surface area contributed by atoms with Crippen molar-refractivity contribution in [3.8, 4) is 0 Å². The van der Waals surface area contributed by atoms with Gasteiger partial charge in [0.2, 0.25) is 11.9 Å². The SMILES string of the molecule is CC(=O)NC1=NC2=NC=N[C@H]2C(Cl)=N1. The molecule has 2 heterocycles. The zero-order valence-corrected chi connectivity index (χ0v) is 7.99. The maximum Gasteiger partial charge on any atom is 0.232 e. The number of hydrogen-bond donors (Lipinski definition) is 1. The van der Waals surface area contributed by atoms with E-state index in [-0.39, 0.29) is 17.0 Å². The Bertz CT molecular complexity index is 408. The smallest absolute Gasteiger partial charge is 0.232 e. The number of rotatable bonds is 0. The van der Waals surface area contributed by atoms with Crippen LogP contribution in [0.2, 0.25) is 0 Å². The molecule has 2 rings (SSSR count). The van der Waals surface area contributed by atoms with E-state index in [0.29, 0.717) is 5.84 Å². The predicted molar refractivity (Wildman–Crippen MR) is 54.3 cm³/mol. The number of amides is 1. The van der Waals surface area contributed by atoms with Crippen LogP contribution in [0.3, 0.4) is 0 Å². The number of nitrogens with zero attached hydrogens (tertiary/aromatic N) is 4. The summed E-state index contributed by atoms with van der Waals surface area (Å²) in [4.78, 5) is 26.4. The summed E-state index contributed by atoms with van der Waals surface area (Å²) in [7, 11) is 0. The molecule has 0 saturated heterocycles. The molecule has 1 N–H and O–H groups in total. The Morgan fingerprint density at radius 3 is 3.07 bits per heavy atom. The number of carbonyl (C=O) groups excluding carboxylic acids is 1. The van der Waals surface area contributed by atoms with Gasteiger partial charge >= 0.3 is 0 Å². The van der Waals surface area contributed by atoms with Crippen LogP contribution < -0.4 is 5.32 Å². The highest BCUT2D eigenvalue weighted by Gasteiger charge is 2.27. The molecule has 1 amide bonds. The first-order valence-electron chi connectivity index (χ1n) is 3.86. The summed E-state index contributed by atoms with van der Waals surface area (Å²) in [6.07, 6.45) is 1.37. The van der Waals surface area contributed by atoms with E-state index < -0.39 is 6.04 Å². The quantitative estimate of drug-likeness (QED) is 0.599. The molecular formula is C7H6ClN5O. The maximum atomic E-state index is 10.7. The largest absolute Gasteiger partial charge is 0.295 e. The molecular weight excluding hydrogens is 206 g/mol. The van der Waals surface area contributed by atoms with Crippen LogP contribution in [0, 0.1) is 0 Å². The molecule has 2 aliphatic rings. The topological polar surface area (TPSA) is 78.5 Å². The van der Waals surface area contributed by atoms with Gasteiger partial charge in [0.25, 0.3) is 0 Å². The number of aliphatic imine (C=N–C) groups is 4. The predicted octanol–water partition coefficient (Wildman–Crippen LogP) is -0.0616. The van der Waals surface area contributed by atoms with Gasteiger partial charge in [-0.25, -0.2) is 9.98 Å². The Labute approximate surface area is 84.5 Å². The third-order valence-corrected chi connectivity index (χ3v) is 1.89. The second kappa shape index (κ2) is 3.30.